The first-order chi connectivity index (χ1) is 10.5. The van der Waals surface area contributed by atoms with E-state index in [0.29, 0.717) is 6.07 Å². The molecule has 0 fully saturated rings. The fourth-order valence-electron chi connectivity index (χ4n) is 1.82. The Kier molecular flexibility index (Phi) is 5.04. The number of para-hydroxylation sites is 1. The fourth-order valence-corrected chi connectivity index (χ4v) is 1.82. The summed E-state index contributed by atoms with van der Waals surface area (Å²) in [5, 5.41) is 0. The minimum Gasteiger partial charge on any atom is -0.489 e. The summed E-state index contributed by atoms with van der Waals surface area (Å²) in [6.45, 7) is 0.177. The molecule has 0 unspecified atom stereocenters. The molecule has 2 aromatic rings. The van der Waals surface area contributed by atoms with Gasteiger partial charge in [-0.2, -0.15) is 0 Å². The monoisotopic (exact) mass is 309 g/mol. The Labute approximate surface area is 125 Å². The smallest absolute Gasteiger partial charge is 0.256 e. The normalized spacial score (nSPS) is 10.4. The van der Waals surface area contributed by atoms with Gasteiger partial charge in [0.15, 0.2) is 11.6 Å². The van der Waals surface area contributed by atoms with Gasteiger partial charge in [0.25, 0.3) is 5.91 Å². The third-order valence-electron chi connectivity index (χ3n) is 3.03. The predicted molar refractivity (Wildman–Crippen MR) is 75.2 cm³/mol. The standard InChI is InChI=1S/C16H14F3NO2/c1-20(8-9-22-15-5-3-2-4-13(15)18)16(21)12-7-6-11(17)10-14(12)19/h2-7,10H,8-9H2,1H3. The third-order valence-corrected chi connectivity index (χ3v) is 3.03. The van der Waals surface area contributed by atoms with Crippen molar-refractivity contribution < 1.29 is 22.7 Å². The van der Waals surface area contributed by atoms with E-state index in [2.05, 4.69) is 0 Å². The number of nitrogens with zero attached hydrogens (tertiary/aromatic N) is 1. The van der Waals surface area contributed by atoms with E-state index in [1.54, 1.807) is 6.07 Å². The minimum atomic E-state index is -0.924. The summed E-state index contributed by atoms with van der Waals surface area (Å²) >= 11 is 0. The average Bonchev–Trinajstić information content (AvgIpc) is 2.48. The lowest BCUT2D eigenvalue weighted by atomic mass is 10.2. The average molecular weight is 309 g/mol. The second-order valence-corrected chi connectivity index (χ2v) is 4.63. The Morgan fingerprint density at radius 1 is 1.09 bits per heavy atom. The molecule has 0 atom stereocenters. The number of amides is 1. The van der Waals surface area contributed by atoms with Crippen molar-refractivity contribution >= 4 is 5.91 Å². The molecule has 0 aliphatic heterocycles. The zero-order valence-corrected chi connectivity index (χ0v) is 11.9. The molecule has 1 amide bonds. The minimum absolute atomic E-state index is 0.0476. The maximum Gasteiger partial charge on any atom is 0.256 e. The number of hydrogen-bond donors (Lipinski definition) is 0. The summed E-state index contributed by atoms with van der Waals surface area (Å²) in [5.41, 5.74) is -0.227. The van der Waals surface area contributed by atoms with Crippen LogP contribution in [0.1, 0.15) is 10.4 Å². The van der Waals surface area contributed by atoms with Gasteiger partial charge in [0, 0.05) is 13.1 Å². The van der Waals surface area contributed by atoms with Crippen molar-refractivity contribution in [3.8, 4) is 5.75 Å². The molecular weight excluding hydrogens is 295 g/mol. The maximum atomic E-state index is 13.5. The molecule has 2 aromatic carbocycles. The van der Waals surface area contributed by atoms with Crippen molar-refractivity contribution in [2.75, 3.05) is 20.2 Å². The van der Waals surface area contributed by atoms with Crippen LogP contribution < -0.4 is 4.74 Å². The lowest BCUT2D eigenvalue weighted by Crippen LogP contribution is -2.31. The van der Waals surface area contributed by atoms with Crippen LogP contribution in [0.4, 0.5) is 13.2 Å². The predicted octanol–water partition coefficient (Wildman–Crippen LogP) is 3.25. The first kappa shape index (κ1) is 15.9. The summed E-state index contributed by atoms with van der Waals surface area (Å²) in [7, 11) is 1.45. The topological polar surface area (TPSA) is 29.5 Å². The van der Waals surface area contributed by atoms with E-state index in [9.17, 15) is 18.0 Å². The van der Waals surface area contributed by atoms with Crippen LogP contribution in [0.25, 0.3) is 0 Å². The molecule has 6 heteroatoms. The second-order valence-electron chi connectivity index (χ2n) is 4.63. The molecule has 0 aliphatic rings. The van der Waals surface area contributed by atoms with E-state index in [0.717, 1.165) is 12.1 Å². The Morgan fingerprint density at radius 2 is 1.82 bits per heavy atom. The zero-order chi connectivity index (χ0) is 16.1. The van der Waals surface area contributed by atoms with Crippen LogP contribution in [-0.4, -0.2) is 31.0 Å². The SMILES string of the molecule is CN(CCOc1ccccc1F)C(=O)c1ccc(F)cc1F. The molecule has 0 aromatic heterocycles. The molecule has 116 valence electrons. The molecule has 0 saturated carbocycles. The highest BCUT2D eigenvalue weighted by Gasteiger charge is 2.16. The fraction of sp³-hybridized carbons (Fsp3) is 0.188. The molecule has 0 saturated heterocycles. The van der Waals surface area contributed by atoms with E-state index in [1.165, 1.54) is 30.1 Å². The summed E-state index contributed by atoms with van der Waals surface area (Å²) in [6.07, 6.45) is 0. The van der Waals surface area contributed by atoms with Crippen LogP contribution in [0.15, 0.2) is 42.5 Å². The van der Waals surface area contributed by atoms with Crippen molar-refractivity contribution in [1.82, 2.24) is 4.90 Å². The van der Waals surface area contributed by atoms with Gasteiger partial charge >= 0.3 is 0 Å². The second kappa shape index (κ2) is 6.98. The molecule has 0 N–H and O–H groups in total. The number of likely N-dealkylation sites (N-methyl/N-ethyl adjacent to an activating group) is 1. The first-order valence-electron chi connectivity index (χ1n) is 6.57. The van der Waals surface area contributed by atoms with E-state index in [-0.39, 0.29) is 24.5 Å². The van der Waals surface area contributed by atoms with Crippen LogP contribution in [0.5, 0.6) is 5.75 Å². The highest BCUT2D eigenvalue weighted by Crippen LogP contribution is 2.15. The number of hydrogen-bond acceptors (Lipinski definition) is 2. The van der Waals surface area contributed by atoms with Gasteiger partial charge in [0.1, 0.15) is 18.2 Å². The van der Waals surface area contributed by atoms with Gasteiger partial charge in [-0.05, 0) is 24.3 Å². The van der Waals surface area contributed by atoms with Gasteiger partial charge in [-0.3, -0.25) is 4.79 Å². The summed E-state index contributed by atoms with van der Waals surface area (Å²) in [6, 6.07) is 8.64. The van der Waals surface area contributed by atoms with Gasteiger partial charge < -0.3 is 9.64 Å². The quantitative estimate of drug-likeness (QED) is 0.848. The Bertz CT molecular complexity index is 676. The number of benzene rings is 2. The van der Waals surface area contributed by atoms with Gasteiger partial charge in [-0.15, -0.1) is 0 Å². The van der Waals surface area contributed by atoms with E-state index >= 15 is 0 Å². The highest BCUT2D eigenvalue weighted by atomic mass is 19.1. The largest absolute Gasteiger partial charge is 0.489 e. The van der Waals surface area contributed by atoms with Gasteiger partial charge in [0.05, 0.1) is 12.1 Å². The highest BCUT2D eigenvalue weighted by molar-refractivity contribution is 5.94. The van der Waals surface area contributed by atoms with Crippen molar-refractivity contribution in [2.24, 2.45) is 0 Å². The zero-order valence-electron chi connectivity index (χ0n) is 11.9. The number of carbonyl (C=O) groups excluding carboxylic acids is 1. The van der Waals surface area contributed by atoms with Gasteiger partial charge in [-0.1, -0.05) is 12.1 Å². The lowest BCUT2D eigenvalue weighted by Gasteiger charge is -2.18. The number of rotatable bonds is 5. The molecule has 22 heavy (non-hydrogen) atoms. The molecule has 0 radical (unpaired) electrons. The molecule has 2 rings (SSSR count). The Balaban J connectivity index is 1.93. The third kappa shape index (κ3) is 3.78. The van der Waals surface area contributed by atoms with E-state index in [1.807, 2.05) is 0 Å². The van der Waals surface area contributed by atoms with Crippen LogP contribution in [0, 0.1) is 17.5 Å². The van der Waals surface area contributed by atoms with Crippen molar-refractivity contribution in [2.45, 2.75) is 0 Å². The van der Waals surface area contributed by atoms with Crippen LogP contribution in [0.2, 0.25) is 0 Å². The van der Waals surface area contributed by atoms with Crippen LogP contribution in [-0.2, 0) is 0 Å². The summed E-state index contributed by atoms with van der Waals surface area (Å²) < 4.78 is 44.9. The van der Waals surface area contributed by atoms with Crippen molar-refractivity contribution in [1.29, 1.82) is 0 Å². The Morgan fingerprint density at radius 3 is 2.50 bits per heavy atom. The molecule has 3 nitrogen and oxygen atoms in total. The number of carbonyl (C=O) groups is 1. The van der Waals surface area contributed by atoms with Crippen LogP contribution >= 0.6 is 0 Å². The van der Waals surface area contributed by atoms with Gasteiger partial charge in [-0.25, -0.2) is 13.2 Å². The summed E-state index contributed by atoms with van der Waals surface area (Å²) in [4.78, 5) is 13.2. The summed E-state index contributed by atoms with van der Waals surface area (Å²) in [5.74, 6) is -2.70. The van der Waals surface area contributed by atoms with Crippen molar-refractivity contribution in [3.05, 3.63) is 65.5 Å². The Hall–Kier alpha value is -2.50. The molecule has 0 spiro atoms. The molecule has 0 aliphatic carbocycles. The van der Waals surface area contributed by atoms with Crippen molar-refractivity contribution in [3.63, 3.8) is 0 Å². The number of ether oxygens (including phenoxy) is 1. The van der Waals surface area contributed by atoms with Crippen LogP contribution in [0.3, 0.4) is 0 Å². The number of halogens is 3. The maximum absolute atomic E-state index is 13.5. The van der Waals surface area contributed by atoms with Gasteiger partial charge in [0.2, 0.25) is 0 Å². The molecular formula is C16H14F3NO2. The molecule has 0 heterocycles. The van der Waals surface area contributed by atoms with E-state index < -0.39 is 23.4 Å². The molecule has 0 bridgehead atoms. The lowest BCUT2D eigenvalue weighted by molar-refractivity contribution is 0.0768. The first-order valence-corrected chi connectivity index (χ1v) is 6.57. The van der Waals surface area contributed by atoms with E-state index in [4.69, 9.17) is 4.74 Å².